The number of benzene rings is 1. The minimum Gasteiger partial charge on any atom is -0.294 e. The molecule has 3 aliphatic rings. The van der Waals surface area contributed by atoms with Crippen molar-refractivity contribution in [1.29, 1.82) is 0 Å². The van der Waals surface area contributed by atoms with E-state index in [0.717, 1.165) is 19.3 Å². The molecule has 4 atom stereocenters. The van der Waals surface area contributed by atoms with Crippen LogP contribution in [0.25, 0.3) is 0 Å². The summed E-state index contributed by atoms with van der Waals surface area (Å²) in [5, 5.41) is 0. The molecule has 0 heterocycles. The molecule has 0 spiro atoms. The minimum atomic E-state index is 0.0103. The molecule has 0 amide bonds. The van der Waals surface area contributed by atoms with Gasteiger partial charge in [-0.3, -0.25) is 9.59 Å². The van der Waals surface area contributed by atoms with Gasteiger partial charge in [-0.1, -0.05) is 24.3 Å². The third kappa shape index (κ3) is 1.06. The highest BCUT2D eigenvalue weighted by molar-refractivity contribution is 6.16. The Bertz CT molecular complexity index is 484. The van der Waals surface area contributed by atoms with E-state index in [1.165, 1.54) is 0 Å². The zero-order valence-electron chi connectivity index (χ0n) is 9.56. The van der Waals surface area contributed by atoms with Crippen LogP contribution in [0.2, 0.25) is 0 Å². The third-order valence-corrected chi connectivity index (χ3v) is 4.98. The van der Waals surface area contributed by atoms with E-state index in [4.69, 9.17) is 0 Å². The summed E-state index contributed by atoms with van der Waals surface area (Å²) >= 11 is 0. The molecule has 0 aromatic heterocycles. The molecule has 0 aliphatic heterocycles. The monoisotopic (exact) mass is 226 g/mol. The van der Waals surface area contributed by atoms with Crippen molar-refractivity contribution in [2.24, 2.45) is 23.7 Å². The standard InChI is InChI=1S/C15H14O2/c16-14-10-3-1-2-4-11(10)15(17)13-9-6-5-8(7-9)12(13)14/h1-4,8-9,12-13H,5-7H2/t8-,9-,12-,13-/m0/s1. The Hall–Kier alpha value is -1.44. The molecule has 2 saturated carbocycles. The topological polar surface area (TPSA) is 34.1 Å². The maximum atomic E-state index is 12.5. The first-order valence-electron chi connectivity index (χ1n) is 6.45. The molecule has 2 heteroatoms. The van der Waals surface area contributed by atoms with E-state index in [0.29, 0.717) is 23.0 Å². The van der Waals surface area contributed by atoms with Crippen molar-refractivity contribution >= 4 is 11.6 Å². The Morgan fingerprint density at radius 1 is 0.824 bits per heavy atom. The van der Waals surface area contributed by atoms with Crippen LogP contribution in [-0.2, 0) is 0 Å². The number of ketones is 2. The summed E-state index contributed by atoms with van der Waals surface area (Å²) < 4.78 is 0. The highest BCUT2D eigenvalue weighted by atomic mass is 16.1. The smallest absolute Gasteiger partial charge is 0.167 e. The fraction of sp³-hybridized carbons (Fsp3) is 0.467. The van der Waals surface area contributed by atoms with E-state index in [-0.39, 0.29) is 23.4 Å². The number of carbonyl (C=O) groups excluding carboxylic acids is 2. The van der Waals surface area contributed by atoms with Crippen LogP contribution in [0.15, 0.2) is 24.3 Å². The first-order valence-corrected chi connectivity index (χ1v) is 6.45. The van der Waals surface area contributed by atoms with Crippen molar-refractivity contribution in [3.8, 4) is 0 Å². The summed E-state index contributed by atoms with van der Waals surface area (Å²) in [7, 11) is 0. The van der Waals surface area contributed by atoms with Gasteiger partial charge in [0.15, 0.2) is 11.6 Å². The second-order valence-electron chi connectivity index (χ2n) is 5.66. The lowest BCUT2D eigenvalue weighted by Gasteiger charge is -2.33. The predicted molar refractivity (Wildman–Crippen MR) is 62.9 cm³/mol. The molecule has 86 valence electrons. The highest BCUT2D eigenvalue weighted by Crippen LogP contribution is 2.56. The fourth-order valence-corrected chi connectivity index (χ4v) is 4.32. The van der Waals surface area contributed by atoms with E-state index in [9.17, 15) is 9.59 Å². The number of Topliss-reactive ketones (excluding diaryl/α,β-unsaturated/α-hetero) is 2. The Balaban J connectivity index is 1.91. The summed E-state index contributed by atoms with van der Waals surface area (Å²) in [5.41, 5.74) is 1.34. The van der Waals surface area contributed by atoms with Gasteiger partial charge in [-0.25, -0.2) is 0 Å². The zero-order chi connectivity index (χ0) is 11.6. The molecular formula is C15H14O2. The molecule has 1 aromatic carbocycles. The quantitative estimate of drug-likeness (QED) is 0.681. The summed E-state index contributed by atoms with van der Waals surface area (Å²) in [5.74, 6) is 1.45. The van der Waals surface area contributed by atoms with Gasteiger partial charge in [0.05, 0.1) is 0 Å². The highest BCUT2D eigenvalue weighted by Gasteiger charge is 2.56. The Morgan fingerprint density at radius 2 is 1.29 bits per heavy atom. The second-order valence-corrected chi connectivity index (χ2v) is 5.66. The van der Waals surface area contributed by atoms with Crippen LogP contribution in [0.3, 0.4) is 0 Å². The van der Waals surface area contributed by atoms with Crippen LogP contribution in [0.5, 0.6) is 0 Å². The molecule has 17 heavy (non-hydrogen) atoms. The Kier molecular flexibility index (Phi) is 1.73. The molecule has 1 aromatic rings. The minimum absolute atomic E-state index is 0.0103. The van der Waals surface area contributed by atoms with Gasteiger partial charge in [0.25, 0.3) is 0 Å². The number of hydrogen-bond donors (Lipinski definition) is 0. The van der Waals surface area contributed by atoms with E-state index in [2.05, 4.69) is 0 Å². The van der Waals surface area contributed by atoms with Gasteiger partial charge in [-0.2, -0.15) is 0 Å². The van der Waals surface area contributed by atoms with Crippen molar-refractivity contribution in [3.05, 3.63) is 35.4 Å². The molecule has 0 unspecified atom stereocenters. The van der Waals surface area contributed by atoms with Crippen LogP contribution in [-0.4, -0.2) is 11.6 Å². The molecule has 2 bridgehead atoms. The normalized spacial score (nSPS) is 38.1. The van der Waals surface area contributed by atoms with Crippen molar-refractivity contribution in [3.63, 3.8) is 0 Å². The van der Waals surface area contributed by atoms with Crippen molar-refractivity contribution in [2.75, 3.05) is 0 Å². The fourth-order valence-electron chi connectivity index (χ4n) is 4.32. The summed E-state index contributed by atoms with van der Waals surface area (Å²) in [6, 6.07) is 7.35. The predicted octanol–water partition coefficient (Wildman–Crippen LogP) is 2.73. The van der Waals surface area contributed by atoms with Gasteiger partial charge in [0.2, 0.25) is 0 Å². The molecule has 0 radical (unpaired) electrons. The van der Waals surface area contributed by atoms with E-state index in [1.54, 1.807) is 0 Å². The molecular weight excluding hydrogens is 212 g/mol. The molecule has 3 aliphatic carbocycles. The van der Waals surface area contributed by atoms with Gasteiger partial charge in [0, 0.05) is 23.0 Å². The summed E-state index contributed by atoms with van der Waals surface area (Å²) in [6.45, 7) is 0. The molecule has 0 saturated heterocycles. The molecule has 4 rings (SSSR count). The van der Waals surface area contributed by atoms with E-state index < -0.39 is 0 Å². The number of carbonyl (C=O) groups is 2. The molecule has 0 N–H and O–H groups in total. The molecule has 2 nitrogen and oxygen atoms in total. The van der Waals surface area contributed by atoms with E-state index in [1.807, 2.05) is 24.3 Å². The summed E-state index contributed by atoms with van der Waals surface area (Å²) in [6.07, 6.45) is 3.39. The van der Waals surface area contributed by atoms with Crippen molar-refractivity contribution in [1.82, 2.24) is 0 Å². The van der Waals surface area contributed by atoms with Gasteiger partial charge in [-0.05, 0) is 31.1 Å². The average molecular weight is 226 g/mol. The van der Waals surface area contributed by atoms with Gasteiger partial charge < -0.3 is 0 Å². The Morgan fingerprint density at radius 3 is 1.76 bits per heavy atom. The second kappa shape index (κ2) is 3.06. The first kappa shape index (κ1) is 9.58. The first-order chi connectivity index (χ1) is 8.27. The third-order valence-electron chi connectivity index (χ3n) is 4.98. The van der Waals surface area contributed by atoms with Crippen LogP contribution in [0, 0.1) is 23.7 Å². The van der Waals surface area contributed by atoms with Gasteiger partial charge in [-0.15, -0.1) is 0 Å². The maximum absolute atomic E-state index is 12.5. The SMILES string of the molecule is O=C1c2ccccc2C(=O)[C@H]2[C@H]3CC[C@@H](C3)[C@H]12. The molecule has 2 fully saturated rings. The van der Waals surface area contributed by atoms with Crippen LogP contribution in [0.4, 0.5) is 0 Å². The lowest BCUT2D eigenvalue weighted by atomic mass is 9.67. The van der Waals surface area contributed by atoms with Gasteiger partial charge in [0.1, 0.15) is 0 Å². The van der Waals surface area contributed by atoms with Gasteiger partial charge >= 0.3 is 0 Å². The maximum Gasteiger partial charge on any atom is 0.167 e. The van der Waals surface area contributed by atoms with Crippen LogP contribution in [0.1, 0.15) is 40.0 Å². The number of rotatable bonds is 0. The van der Waals surface area contributed by atoms with Crippen molar-refractivity contribution in [2.45, 2.75) is 19.3 Å². The lowest BCUT2D eigenvalue weighted by molar-refractivity contribution is 0.0661. The summed E-state index contributed by atoms with van der Waals surface area (Å²) in [4.78, 5) is 25.0. The average Bonchev–Trinajstić information content (AvgIpc) is 2.96. The number of hydrogen-bond acceptors (Lipinski definition) is 2. The lowest BCUT2D eigenvalue weighted by Crippen LogP contribution is -2.40. The van der Waals surface area contributed by atoms with Crippen molar-refractivity contribution < 1.29 is 9.59 Å². The largest absolute Gasteiger partial charge is 0.294 e. The van der Waals surface area contributed by atoms with E-state index >= 15 is 0 Å². The Labute approximate surface area is 100 Å². The van der Waals surface area contributed by atoms with Crippen LogP contribution >= 0.6 is 0 Å². The van der Waals surface area contributed by atoms with Crippen LogP contribution < -0.4 is 0 Å². The zero-order valence-corrected chi connectivity index (χ0v) is 9.56. The number of fused-ring (bicyclic) bond motifs is 6.